The number of nitrogens with zero attached hydrogens (tertiary/aromatic N) is 3. The standard InChI is InChI=1S/C17H8F3N3O3/c18-17(19,20)13-1-4-15(5-2-13)26-16-6-3-14(23(24)25)8-12(16)7-11(9-21)10-22/h1-8H. The first-order valence-corrected chi connectivity index (χ1v) is 6.90. The average Bonchev–Trinajstić information content (AvgIpc) is 2.60. The lowest BCUT2D eigenvalue weighted by Crippen LogP contribution is -2.04. The van der Waals surface area contributed by atoms with Gasteiger partial charge in [0.1, 0.15) is 29.2 Å². The molecule has 0 aliphatic heterocycles. The maximum Gasteiger partial charge on any atom is 0.416 e. The molecule has 0 amide bonds. The van der Waals surface area contributed by atoms with Crippen LogP contribution in [0.2, 0.25) is 0 Å². The number of nitro benzene ring substituents is 1. The van der Waals surface area contributed by atoms with Crippen LogP contribution in [-0.2, 0) is 6.18 Å². The van der Waals surface area contributed by atoms with Gasteiger partial charge in [0, 0.05) is 17.7 Å². The molecule has 0 saturated carbocycles. The van der Waals surface area contributed by atoms with Crippen LogP contribution >= 0.6 is 0 Å². The van der Waals surface area contributed by atoms with Crippen molar-refractivity contribution in [3.8, 4) is 23.6 Å². The summed E-state index contributed by atoms with van der Waals surface area (Å²) in [7, 11) is 0. The van der Waals surface area contributed by atoms with Crippen LogP contribution in [0.25, 0.3) is 6.08 Å². The minimum atomic E-state index is -4.49. The van der Waals surface area contributed by atoms with Gasteiger partial charge >= 0.3 is 6.18 Å². The summed E-state index contributed by atoms with van der Waals surface area (Å²) in [6, 6.07) is 10.5. The molecule has 130 valence electrons. The van der Waals surface area contributed by atoms with E-state index in [0.29, 0.717) is 0 Å². The third kappa shape index (κ3) is 4.36. The Balaban J connectivity index is 2.43. The molecule has 0 aromatic heterocycles. The number of benzene rings is 2. The van der Waals surface area contributed by atoms with E-state index in [2.05, 4.69) is 0 Å². The van der Waals surface area contributed by atoms with E-state index in [1.807, 2.05) is 0 Å². The SMILES string of the molecule is N#CC(C#N)=Cc1cc([N+](=O)[O-])ccc1Oc1ccc(C(F)(F)F)cc1. The van der Waals surface area contributed by atoms with Crippen LogP contribution in [0.15, 0.2) is 48.0 Å². The second-order valence-corrected chi connectivity index (χ2v) is 4.89. The molecular formula is C17H8F3N3O3. The minimum absolute atomic E-state index is 0.0401. The molecule has 0 saturated heterocycles. The van der Waals surface area contributed by atoms with Crippen molar-refractivity contribution in [1.82, 2.24) is 0 Å². The van der Waals surface area contributed by atoms with Crippen molar-refractivity contribution in [2.45, 2.75) is 6.18 Å². The van der Waals surface area contributed by atoms with Crippen molar-refractivity contribution < 1.29 is 22.8 Å². The van der Waals surface area contributed by atoms with E-state index in [1.54, 1.807) is 12.1 Å². The summed E-state index contributed by atoms with van der Waals surface area (Å²) < 4.78 is 43.2. The summed E-state index contributed by atoms with van der Waals surface area (Å²) >= 11 is 0. The Hall–Kier alpha value is -3.85. The normalized spacial score (nSPS) is 10.3. The molecule has 0 aliphatic carbocycles. The third-order valence-electron chi connectivity index (χ3n) is 3.15. The van der Waals surface area contributed by atoms with Gasteiger partial charge in [-0.15, -0.1) is 0 Å². The maximum absolute atomic E-state index is 12.6. The van der Waals surface area contributed by atoms with Crippen molar-refractivity contribution in [3.05, 3.63) is 69.3 Å². The molecule has 0 aliphatic rings. The smallest absolute Gasteiger partial charge is 0.416 e. The number of hydrogen-bond acceptors (Lipinski definition) is 5. The summed E-state index contributed by atoms with van der Waals surface area (Å²) in [6.45, 7) is 0. The number of rotatable bonds is 4. The molecular weight excluding hydrogens is 351 g/mol. The van der Waals surface area contributed by atoms with Gasteiger partial charge in [-0.2, -0.15) is 23.7 Å². The monoisotopic (exact) mass is 359 g/mol. The Morgan fingerprint density at radius 3 is 2.23 bits per heavy atom. The first-order chi connectivity index (χ1) is 12.2. The molecule has 0 spiro atoms. The third-order valence-corrected chi connectivity index (χ3v) is 3.15. The van der Waals surface area contributed by atoms with Crippen LogP contribution in [0.1, 0.15) is 11.1 Å². The summed E-state index contributed by atoms with van der Waals surface area (Å²) in [5.74, 6) is 0.0929. The van der Waals surface area contributed by atoms with E-state index < -0.39 is 16.7 Å². The first-order valence-electron chi connectivity index (χ1n) is 6.90. The highest BCUT2D eigenvalue weighted by Gasteiger charge is 2.30. The maximum atomic E-state index is 12.6. The van der Waals surface area contributed by atoms with Gasteiger partial charge in [-0.3, -0.25) is 10.1 Å². The van der Waals surface area contributed by atoms with Gasteiger partial charge in [-0.05, 0) is 36.4 Å². The van der Waals surface area contributed by atoms with Crippen LogP contribution in [0, 0.1) is 32.8 Å². The number of nitro groups is 1. The molecule has 9 heteroatoms. The van der Waals surface area contributed by atoms with Gasteiger partial charge in [0.2, 0.25) is 0 Å². The Labute approximate surface area is 145 Å². The van der Waals surface area contributed by atoms with E-state index in [0.717, 1.165) is 42.5 Å². The zero-order chi connectivity index (χ0) is 19.3. The minimum Gasteiger partial charge on any atom is -0.457 e. The molecule has 0 unspecified atom stereocenters. The number of alkyl halides is 3. The number of hydrogen-bond donors (Lipinski definition) is 0. The van der Waals surface area contributed by atoms with Crippen molar-refractivity contribution in [2.24, 2.45) is 0 Å². The second kappa shape index (κ2) is 7.36. The molecule has 0 heterocycles. The van der Waals surface area contributed by atoms with Gasteiger partial charge < -0.3 is 4.74 Å². The van der Waals surface area contributed by atoms with Crippen molar-refractivity contribution in [3.63, 3.8) is 0 Å². The zero-order valence-corrected chi connectivity index (χ0v) is 12.8. The fraction of sp³-hybridized carbons (Fsp3) is 0.0588. The molecule has 0 fully saturated rings. The quantitative estimate of drug-likeness (QED) is 0.442. The molecule has 0 atom stereocenters. The number of non-ortho nitro benzene ring substituents is 1. The highest BCUT2D eigenvalue weighted by atomic mass is 19.4. The van der Waals surface area contributed by atoms with Crippen LogP contribution < -0.4 is 4.74 Å². The molecule has 26 heavy (non-hydrogen) atoms. The molecule has 0 radical (unpaired) electrons. The molecule has 2 aromatic carbocycles. The summed E-state index contributed by atoms with van der Waals surface area (Å²) in [6.07, 6.45) is -3.40. The van der Waals surface area contributed by atoms with E-state index in [1.165, 1.54) is 6.07 Å². The highest BCUT2D eigenvalue weighted by molar-refractivity contribution is 5.68. The number of nitriles is 2. The van der Waals surface area contributed by atoms with Crippen LogP contribution in [0.4, 0.5) is 18.9 Å². The highest BCUT2D eigenvalue weighted by Crippen LogP contribution is 2.33. The van der Waals surface area contributed by atoms with E-state index in [-0.39, 0.29) is 28.3 Å². The molecule has 6 nitrogen and oxygen atoms in total. The Bertz CT molecular complexity index is 936. The molecule has 0 bridgehead atoms. The van der Waals surface area contributed by atoms with Crippen LogP contribution in [0.3, 0.4) is 0 Å². The summed E-state index contributed by atoms with van der Waals surface area (Å²) in [5.41, 5.74) is -1.41. The average molecular weight is 359 g/mol. The van der Waals surface area contributed by atoms with Gasteiger partial charge in [0.05, 0.1) is 10.5 Å². The van der Waals surface area contributed by atoms with Gasteiger partial charge in [0.25, 0.3) is 5.69 Å². The number of halogens is 3. The van der Waals surface area contributed by atoms with Crippen molar-refractivity contribution in [2.75, 3.05) is 0 Å². The topological polar surface area (TPSA) is 100.0 Å². The molecule has 0 N–H and O–H groups in total. The van der Waals surface area contributed by atoms with Crippen LogP contribution in [0.5, 0.6) is 11.5 Å². The lowest BCUT2D eigenvalue weighted by molar-refractivity contribution is -0.384. The van der Waals surface area contributed by atoms with E-state index in [4.69, 9.17) is 15.3 Å². The molecule has 2 aromatic rings. The second-order valence-electron chi connectivity index (χ2n) is 4.89. The van der Waals surface area contributed by atoms with Crippen molar-refractivity contribution >= 4 is 11.8 Å². The van der Waals surface area contributed by atoms with Gasteiger partial charge in [-0.25, -0.2) is 0 Å². The number of allylic oxidation sites excluding steroid dienone is 1. The van der Waals surface area contributed by atoms with Crippen LogP contribution in [-0.4, -0.2) is 4.92 Å². The predicted octanol–water partition coefficient (Wildman–Crippen LogP) is 4.84. The fourth-order valence-corrected chi connectivity index (χ4v) is 1.94. The van der Waals surface area contributed by atoms with Gasteiger partial charge in [-0.1, -0.05) is 0 Å². The molecule has 2 rings (SSSR count). The Kier molecular flexibility index (Phi) is 5.24. The van der Waals surface area contributed by atoms with Gasteiger partial charge in [0.15, 0.2) is 0 Å². The zero-order valence-electron chi connectivity index (χ0n) is 12.8. The lowest BCUT2D eigenvalue weighted by Gasteiger charge is -2.11. The summed E-state index contributed by atoms with van der Waals surface area (Å²) in [5, 5.41) is 28.5. The first kappa shape index (κ1) is 18.5. The predicted molar refractivity (Wildman–Crippen MR) is 83.8 cm³/mol. The summed E-state index contributed by atoms with van der Waals surface area (Å²) in [4.78, 5) is 10.2. The lowest BCUT2D eigenvalue weighted by atomic mass is 10.1. The van der Waals surface area contributed by atoms with E-state index >= 15 is 0 Å². The Morgan fingerprint density at radius 1 is 1.12 bits per heavy atom. The number of ether oxygens (including phenoxy) is 1. The van der Waals surface area contributed by atoms with Crippen molar-refractivity contribution in [1.29, 1.82) is 10.5 Å². The largest absolute Gasteiger partial charge is 0.457 e. The fourth-order valence-electron chi connectivity index (χ4n) is 1.94. The Morgan fingerprint density at radius 2 is 1.73 bits per heavy atom. The van der Waals surface area contributed by atoms with E-state index in [9.17, 15) is 23.3 Å².